The quantitative estimate of drug-likeness (QED) is 0.347. The average molecular weight is 508 g/mol. The van der Waals surface area contributed by atoms with Crippen molar-refractivity contribution < 1.29 is 4.74 Å². The number of anilines is 1. The molecule has 4 aromatic rings. The van der Waals surface area contributed by atoms with E-state index >= 15 is 0 Å². The predicted molar refractivity (Wildman–Crippen MR) is 152 cm³/mol. The number of methoxy groups -OCH3 is 1. The van der Waals surface area contributed by atoms with Gasteiger partial charge >= 0.3 is 0 Å². The molecule has 7 heteroatoms. The van der Waals surface area contributed by atoms with Crippen molar-refractivity contribution in [3.8, 4) is 34.2 Å². The fraction of sp³-hybridized carbons (Fsp3) is 0.233. The number of nitriles is 1. The van der Waals surface area contributed by atoms with Gasteiger partial charge in [-0.1, -0.05) is 18.2 Å². The van der Waals surface area contributed by atoms with Gasteiger partial charge in [0.1, 0.15) is 11.8 Å². The van der Waals surface area contributed by atoms with Crippen LogP contribution in [0.4, 0.5) is 5.69 Å². The smallest absolute Gasteiger partial charge is 0.118 e. The number of benzene rings is 2. The Balaban J connectivity index is 1.72. The number of ether oxygens (including phenoxy) is 1. The van der Waals surface area contributed by atoms with Gasteiger partial charge in [-0.15, -0.1) is 11.3 Å². The highest BCUT2D eigenvalue weighted by Crippen LogP contribution is 2.38. The second-order valence-electron chi connectivity index (χ2n) is 8.84. The molecule has 1 aliphatic heterocycles. The number of pyridine rings is 1. The molecule has 1 N–H and O–H groups in total. The minimum atomic E-state index is 0.540. The molecule has 6 nitrogen and oxygen atoms in total. The van der Waals surface area contributed by atoms with Gasteiger partial charge in [0, 0.05) is 61.3 Å². The number of aryl methyl sites for hydroxylation is 1. The minimum absolute atomic E-state index is 0.540. The van der Waals surface area contributed by atoms with Crippen LogP contribution in [0.3, 0.4) is 0 Å². The lowest BCUT2D eigenvalue weighted by molar-refractivity contribution is 0.415. The van der Waals surface area contributed by atoms with Crippen LogP contribution in [0.15, 0.2) is 71.0 Å². The Kier molecular flexibility index (Phi) is 7.31. The molecule has 0 spiro atoms. The maximum absolute atomic E-state index is 10.5. The van der Waals surface area contributed by atoms with Crippen LogP contribution in [0, 0.1) is 18.3 Å². The molecular weight excluding hydrogens is 478 g/mol. The van der Waals surface area contributed by atoms with Crippen LogP contribution in [-0.4, -0.2) is 51.0 Å². The second kappa shape index (κ2) is 11.0. The number of hydrogen-bond donors (Lipinski definition) is 1. The molecule has 0 amide bonds. The Hall–Kier alpha value is -3.99. The molecule has 0 aliphatic carbocycles. The Morgan fingerprint density at radius 1 is 1.05 bits per heavy atom. The molecule has 1 saturated heterocycles. The maximum Gasteiger partial charge on any atom is 0.118 e. The molecule has 0 saturated carbocycles. The van der Waals surface area contributed by atoms with Gasteiger partial charge in [0.05, 0.1) is 29.0 Å². The summed E-state index contributed by atoms with van der Waals surface area (Å²) >= 11 is 1.63. The van der Waals surface area contributed by atoms with E-state index < -0.39 is 0 Å². The number of nitrogens with zero attached hydrogens (tertiary/aromatic N) is 4. The molecule has 0 bridgehead atoms. The van der Waals surface area contributed by atoms with Crippen LogP contribution in [0.25, 0.3) is 22.4 Å². The molecule has 0 radical (unpaired) electrons. The first kappa shape index (κ1) is 24.7. The zero-order valence-corrected chi connectivity index (χ0v) is 22.1. The standard InChI is InChI=1S/C30H29N5OS/c1-20-27(30(32-2)26-5-4-18-37-26)28(21-6-10-23(11-7-21)35-16-14-33-15-17-35)25(19-31)29(34-20)22-8-12-24(36-3)13-9-22/h4-13,18,33H,14-17H2,1-3H3. The molecule has 2 aromatic carbocycles. The molecule has 3 heterocycles. The van der Waals surface area contributed by atoms with E-state index in [1.54, 1.807) is 25.5 Å². The number of piperazine rings is 1. The van der Waals surface area contributed by atoms with Crippen LogP contribution in [-0.2, 0) is 0 Å². The molecule has 1 aliphatic rings. The summed E-state index contributed by atoms with van der Waals surface area (Å²) in [5, 5.41) is 16.0. The molecule has 0 unspecified atom stereocenters. The first-order chi connectivity index (χ1) is 18.1. The van der Waals surface area contributed by atoms with Crippen molar-refractivity contribution in [3.63, 3.8) is 0 Å². The van der Waals surface area contributed by atoms with E-state index in [0.29, 0.717) is 11.3 Å². The molecular formula is C30H29N5OS. The van der Waals surface area contributed by atoms with Crippen LogP contribution < -0.4 is 15.0 Å². The van der Waals surface area contributed by atoms with Crippen molar-refractivity contribution in [2.75, 3.05) is 45.2 Å². The number of rotatable bonds is 6. The van der Waals surface area contributed by atoms with E-state index in [0.717, 1.165) is 70.5 Å². The van der Waals surface area contributed by atoms with Gasteiger partial charge in [0.2, 0.25) is 0 Å². The van der Waals surface area contributed by atoms with Gasteiger partial charge in [-0.05, 0) is 60.3 Å². The number of thiophene rings is 1. The SMILES string of the molecule is CN=C(c1cccs1)c1c(C)nc(-c2ccc(OC)cc2)c(C#N)c1-c1ccc(N2CCNCC2)cc1. The van der Waals surface area contributed by atoms with Crippen LogP contribution in [0.1, 0.15) is 21.7 Å². The molecule has 5 rings (SSSR count). The maximum atomic E-state index is 10.5. The number of hydrogen-bond acceptors (Lipinski definition) is 7. The van der Waals surface area contributed by atoms with Gasteiger partial charge in [0.25, 0.3) is 0 Å². The lowest BCUT2D eigenvalue weighted by Gasteiger charge is -2.29. The molecule has 186 valence electrons. The summed E-state index contributed by atoms with van der Waals surface area (Å²) in [4.78, 5) is 13.1. The van der Waals surface area contributed by atoms with Crippen LogP contribution in [0.5, 0.6) is 5.75 Å². The Morgan fingerprint density at radius 3 is 2.35 bits per heavy atom. The predicted octanol–water partition coefficient (Wildman–Crippen LogP) is 5.54. The third kappa shape index (κ3) is 4.86. The van der Waals surface area contributed by atoms with Crippen molar-refractivity contribution in [1.82, 2.24) is 10.3 Å². The van der Waals surface area contributed by atoms with Crippen molar-refractivity contribution in [3.05, 3.63) is 87.7 Å². The first-order valence-electron chi connectivity index (χ1n) is 12.3. The monoisotopic (exact) mass is 507 g/mol. The highest BCUT2D eigenvalue weighted by Gasteiger charge is 2.25. The van der Waals surface area contributed by atoms with Crippen molar-refractivity contribution in [1.29, 1.82) is 5.26 Å². The van der Waals surface area contributed by atoms with Crippen LogP contribution >= 0.6 is 11.3 Å². The van der Waals surface area contributed by atoms with Gasteiger partial charge < -0.3 is 15.0 Å². The number of aliphatic imine (C=N–C) groups is 1. The highest BCUT2D eigenvalue weighted by atomic mass is 32.1. The summed E-state index contributed by atoms with van der Waals surface area (Å²) in [6.07, 6.45) is 0. The van der Waals surface area contributed by atoms with Crippen molar-refractivity contribution >= 4 is 22.7 Å². The minimum Gasteiger partial charge on any atom is -0.497 e. The van der Waals surface area contributed by atoms with Gasteiger partial charge in [0.15, 0.2) is 0 Å². The van der Waals surface area contributed by atoms with E-state index in [1.807, 2.05) is 42.6 Å². The Bertz CT molecular complexity index is 1450. The summed E-state index contributed by atoms with van der Waals surface area (Å²) in [5.41, 5.74) is 7.68. The summed E-state index contributed by atoms with van der Waals surface area (Å²) in [6, 6.07) is 22.8. The summed E-state index contributed by atoms with van der Waals surface area (Å²) < 4.78 is 5.34. The van der Waals surface area contributed by atoms with E-state index in [2.05, 4.69) is 51.6 Å². The highest BCUT2D eigenvalue weighted by molar-refractivity contribution is 7.12. The normalized spacial score (nSPS) is 13.9. The lowest BCUT2D eigenvalue weighted by Crippen LogP contribution is -2.43. The average Bonchev–Trinajstić information content (AvgIpc) is 3.49. The summed E-state index contributed by atoms with van der Waals surface area (Å²) in [7, 11) is 3.44. The lowest BCUT2D eigenvalue weighted by atomic mass is 9.88. The third-order valence-corrected chi connectivity index (χ3v) is 7.58. The zero-order chi connectivity index (χ0) is 25.8. The largest absolute Gasteiger partial charge is 0.497 e. The van der Waals surface area contributed by atoms with Crippen LogP contribution in [0.2, 0.25) is 0 Å². The van der Waals surface area contributed by atoms with Crippen molar-refractivity contribution in [2.45, 2.75) is 6.92 Å². The fourth-order valence-corrected chi connectivity index (χ4v) is 5.64. The summed E-state index contributed by atoms with van der Waals surface area (Å²) in [5.74, 6) is 0.762. The molecule has 1 fully saturated rings. The first-order valence-corrected chi connectivity index (χ1v) is 13.2. The van der Waals surface area contributed by atoms with Gasteiger partial charge in [-0.3, -0.25) is 9.98 Å². The summed E-state index contributed by atoms with van der Waals surface area (Å²) in [6.45, 7) is 5.93. The second-order valence-corrected chi connectivity index (χ2v) is 9.79. The Labute approximate surface area is 221 Å². The third-order valence-electron chi connectivity index (χ3n) is 6.71. The molecule has 37 heavy (non-hydrogen) atoms. The topological polar surface area (TPSA) is 73.5 Å². The van der Waals surface area contributed by atoms with Crippen molar-refractivity contribution in [2.24, 2.45) is 4.99 Å². The zero-order valence-electron chi connectivity index (χ0n) is 21.3. The van der Waals surface area contributed by atoms with E-state index in [4.69, 9.17) is 9.72 Å². The van der Waals surface area contributed by atoms with Gasteiger partial charge in [-0.25, -0.2) is 0 Å². The number of aromatic nitrogens is 1. The van der Waals surface area contributed by atoms with Gasteiger partial charge in [-0.2, -0.15) is 5.26 Å². The van der Waals surface area contributed by atoms with E-state index in [1.165, 1.54) is 5.69 Å². The number of nitrogens with one attached hydrogen (secondary N) is 1. The fourth-order valence-electron chi connectivity index (χ4n) is 4.87. The van der Waals surface area contributed by atoms with E-state index in [-0.39, 0.29) is 0 Å². The Morgan fingerprint density at radius 2 is 1.76 bits per heavy atom. The van der Waals surface area contributed by atoms with E-state index in [9.17, 15) is 5.26 Å². The molecule has 0 atom stereocenters. The molecule has 2 aromatic heterocycles.